The molecule has 3 rings (SSSR count). The molecule has 7 nitrogen and oxygen atoms in total. The molecule has 0 saturated carbocycles. The molecule has 2 aromatic rings. The summed E-state index contributed by atoms with van der Waals surface area (Å²) in [6, 6.07) is 5.39. The standard InChI is InChI=1S/C20H24FN3O4/c1-20(2,3)19-22-16(28-23-19)12-27-18(26)14-5-4-10-24(11-14)17(25)13-6-8-15(21)9-7-13/h6-9,14H,4-5,10-12H2,1-3H3. The second-order valence-corrected chi connectivity index (χ2v) is 7.97. The van der Waals surface area contributed by atoms with E-state index in [-0.39, 0.29) is 30.4 Å². The zero-order chi connectivity index (χ0) is 20.3. The molecule has 1 aromatic heterocycles. The van der Waals surface area contributed by atoms with Gasteiger partial charge in [0.2, 0.25) is 0 Å². The summed E-state index contributed by atoms with van der Waals surface area (Å²) in [5, 5.41) is 3.90. The zero-order valence-electron chi connectivity index (χ0n) is 16.3. The third-order valence-electron chi connectivity index (χ3n) is 4.61. The SMILES string of the molecule is CC(C)(C)c1noc(COC(=O)C2CCCN(C(=O)c3ccc(F)cc3)C2)n1. The molecule has 0 radical (unpaired) electrons. The van der Waals surface area contributed by atoms with E-state index in [1.54, 1.807) is 4.90 Å². The number of amides is 1. The van der Waals surface area contributed by atoms with Crippen molar-refractivity contribution >= 4 is 11.9 Å². The van der Waals surface area contributed by atoms with Crippen molar-refractivity contribution in [1.29, 1.82) is 0 Å². The molecule has 0 spiro atoms. The average Bonchev–Trinajstić information content (AvgIpc) is 3.16. The van der Waals surface area contributed by atoms with Crippen LogP contribution in [-0.4, -0.2) is 40.0 Å². The van der Waals surface area contributed by atoms with Crippen LogP contribution < -0.4 is 0 Å². The van der Waals surface area contributed by atoms with Crippen molar-refractivity contribution in [2.24, 2.45) is 5.92 Å². The van der Waals surface area contributed by atoms with Crippen molar-refractivity contribution < 1.29 is 23.2 Å². The highest BCUT2D eigenvalue weighted by atomic mass is 19.1. The van der Waals surface area contributed by atoms with Gasteiger partial charge in [-0.1, -0.05) is 25.9 Å². The second-order valence-electron chi connectivity index (χ2n) is 7.97. The molecule has 1 aliphatic heterocycles. The minimum atomic E-state index is -0.414. The highest BCUT2D eigenvalue weighted by Gasteiger charge is 2.30. The molecule has 1 unspecified atom stereocenters. The average molecular weight is 389 g/mol. The molecule has 1 saturated heterocycles. The number of ether oxygens (including phenoxy) is 1. The van der Waals surface area contributed by atoms with Gasteiger partial charge in [0.25, 0.3) is 11.8 Å². The summed E-state index contributed by atoms with van der Waals surface area (Å²) in [6.07, 6.45) is 1.34. The Kier molecular flexibility index (Phi) is 5.76. The van der Waals surface area contributed by atoms with Gasteiger partial charge in [0.05, 0.1) is 5.92 Å². The van der Waals surface area contributed by atoms with E-state index in [1.807, 2.05) is 20.8 Å². The number of halogens is 1. The van der Waals surface area contributed by atoms with Crippen molar-refractivity contribution in [3.05, 3.63) is 47.4 Å². The van der Waals surface area contributed by atoms with E-state index < -0.39 is 17.7 Å². The smallest absolute Gasteiger partial charge is 0.311 e. The first-order valence-corrected chi connectivity index (χ1v) is 9.28. The lowest BCUT2D eigenvalue weighted by molar-refractivity contribution is -0.152. The number of benzene rings is 1. The van der Waals surface area contributed by atoms with Crippen LogP contribution >= 0.6 is 0 Å². The van der Waals surface area contributed by atoms with Crippen LogP contribution in [0.25, 0.3) is 0 Å². The normalized spacial score (nSPS) is 17.4. The number of hydrogen-bond acceptors (Lipinski definition) is 6. The van der Waals surface area contributed by atoms with Crippen LogP contribution in [-0.2, 0) is 21.6 Å². The maximum Gasteiger partial charge on any atom is 0.311 e. The second kappa shape index (κ2) is 8.08. The summed E-state index contributed by atoms with van der Waals surface area (Å²) in [7, 11) is 0. The Hall–Kier alpha value is -2.77. The number of piperidine rings is 1. The first kappa shape index (κ1) is 20.0. The van der Waals surface area contributed by atoms with Gasteiger partial charge >= 0.3 is 5.97 Å². The van der Waals surface area contributed by atoms with E-state index in [0.717, 1.165) is 0 Å². The monoisotopic (exact) mass is 389 g/mol. The molecular formula is C20H24FN3O4. The minimum absolute atomic E-state index is 0.0929. The summed E-state index contributed by atoms with van der Waals surface area (Å²) in [5.41, 5.74) is 0.145. The van der Waals surface area contributed by atoms with Gasteiger partial charge in [-0.15, -0.1) is 0 Å². The van der Waals surface area contributed by atoms with Crippen LogP contribution in [0.3, 0.4) is 0 Å². The first-order valence-electron chi connectivity index (χ1n) is 9.28. The van der Waals surface area contributed by atoms with Crippen LogP contribution in [0.15, 0.2) is 28.8 Å². The molecule has 8 heteroatoms. The van der Waals surface area contributed by atoms with Crippen molar-refractivity contribution in [2.75, 3.05) is 13.1 Å². The van der Waals surface area contributed by atoms with Crippen LogP contribution in [0, 0.1) is 11.7 Å². The van der Waals surface area contributed by atoms with E-state index in [0.29, 0.717) is 30.8 Å². The van der Waals surface area contributed by atoms with E-state index in [2.05, 4.69) is 10.1 Å². The lowest BCUT2D eigenvalue weighted by atomic mass is 9.96. The number of carbonyl (C=O) groups excluding carboxylic acids is 2. The van der Waals surface area contributed by atoms with E-state index >= 15 is 0 Å². The van der Waals surface area contributed by atoms with Crippen molar-refractivity contribution in [3.8, 4) is 0 Å². The highest BCUT2D eigenvalue weighted by molar-refractivity contribution is 5.94. The van der Waals surface area contributed by atoms with Crippen LogP contribution in [0.1, 0.15) is 55.7 Å². The van der Waals surface area contributed by atoms with Crippen molar-refractivity contribution in [3.63, 3.8) is 0 Å². The van der Waals surface area contributed by atoms with E-state index in [1.165, 1.54) is 24.3 Å². The summed E-state index contributed by atoms with van der Waals surface area (Å²) >= 11 is 0. The van der Waals surface area contributed by atoms with Crippen LogP contribution in [0.2, 0.25) is 0 Å². The number of likely N-dealkylation sites (tertiary alicyclic amines) is 1. The maximum absolute atomic E-state index is 13.0. The van der Waals surface area contributed by atoms with Gasteiger partial charge in [0.1, 0.15) is 5.82 Å². The van der Waals surface area contributed by atoms with Gasteiger partial charge in [-0.3, -0.25) is 9.59 Å². The number of hydrogen-bond donors (Lipinski definition) is 0. The first-order chi connectivity index (χ1) is 13.2. The van der Waals surface area contributed by atoms with Gasteiger partial charge in [-0.05, 0) is 37.1 Å². The molecule has 1 atom stereocenters. The van der Waals surface area contributed by atoms with Crippen LogP contribution in [0.4, 0.5) is 4.39 Å². The molecule has 1 amide bonds. The van der Waals surface area contributed by atoms with Crippen LogP contribution in [0.5, 0.6) is 0 Å². The Labute approximate surface area is 162 Å². The van der Waals surface area contributed by atoms with Crippen molar-refractivity contribution in [2.45, 2.75) is 45.6 Å². The Morgan fingerprint density at radius 2 is 2.00 bits per heavy atom. The summed E-state index contributed by atoms with van der Waals surface area (Å²) < 4.78 is 23.5. The fourth-order valence-electron chi connectivity index (χ4n) is 3.00. The van der Waals surface area contributed by atoms with Gasteiger partial charge in [-0.25, -0.2) is 4.39 Å². The predicted octanol–water partition coefficient (Wildman–Crippen LogP) is 3.10. The number of carbonyl (C=O) groups is 2. The molecule has 1 fully saturated rings. The number of rotatable bonds is 4. The fourth-order valence-corrected chi connectivity index (χ4v) is 3.00. The van der Waals surface area contributed by atoms with E-state index in [9.17, 15) is 14.0 Å². The van der Waals surface area contributed by atoms with E-state index in [4.69, 9.17) is 9.26 Å². The van der Waals surface area contributed by atoms with Gasteiger partial charge in [0, 0.05) is 24.1 Å². The lowest BCUT2D eigenvalue weighted by Crippen LogP contribution is -2.42. The molecular weight excluding hydrogens is 365 g/mol. The third-order valence-corrected chi connectivity index (χ3v) is 4.61. The molecule has 28 heavy (non-hydrogen) atoms. The largest absolute Gasteiger partial charge is 0.455 e. The quantitative estimate of drug-likeness (QED) is 0.747. The van der Waals surface area contributed by atoms with Gasteiger partial charge in [-0.2, -0.15) is 4.98 Å². The van der Waals surface area contributed by atoms with Crippen molar-refractivity contribution in [1.82, 2.24) is 15.0 Å². The maximum atomic E-state index is 13.0. The Morgan fingerprint density at radius 3 is 2.64 bits per heavy atom. The Balaban J connectivity index is 1.56. The molecule has 150 valence electrons. The fraction of sp³-hybridized carbons (Fsp3) is 0.500. The minimum Gasteiger partial charge on any atom is -0.455 e. The van der Waals surface area contributed by atoms with Gasteiger partial charge < -0.3 is 14.2 Å². The summed E-state index contributed by atoms with van der Waals surface area (Å²) in [6.45, 7) is 6.61. The third kappa shape index (κ3) is 4.74. The Morgan fingerprint density at radius 1 is 1.29 bits per heavy atom. The molecule has 1 aliphatic rings. The lowest BCUT2D eigenvalue weighted by Gasteiger charge is -2.31. The molecule has 1 aromatic carbocycles. The Bertz CT molecular complexity index is 842. The zero-order valence-corrected chi connectivity index (χ0v) is 16.3. The molecule has 2 heterocycles. The highest BCUT2D eigenvalue weighted by Crippen LogP contribution is 2.22. The molecule has 0 bridgehead atoms. The number of aromatic nitrogens is 2. The number of nitrogens with zero attached hydrogens (tertiary/aromatic N) is 3. The number of esters is 1. The summed E-state index contributed by atoms with van der Waals surface area (Å²) in [5.74, 6) is -0.632. The molecule has 0 N–H and O–H groups in total. The topological polar surface area (TPSA) is 85.5 Å². The molecule has 0 aliphatic carbocycles. The predicted molar refractivity (Wildman–Crippen MR) is 97.8 cm³/mol. The summed E-state index contributed by atoms with van der Waals surface area (Å²) in [4.78, 5) is 30.8. The van der Waals surface area contributed by atoms with Gasteiger partial charge in [0.15, 0.2) is 12.4 Å².